The van der Waals surface area contributed by atoms with Gasteiger partial charge >= 0.3 is 5.69 Å². The fourth-order valence-corrected chi connectivity index (χ4v) is 2.88. The predicted octanol–water partition coefficient (Wildman–Crippen LogP) is 0.382. The van der Waals surface area contributed by atoms with Crippen LogP contribution in [0.2, 0.25) is 0 Å². The van der Waals surface area contributed by atoms with Crippen LogP contribution >= 0.6 is 0 Å². The molecule has 1 amide bonds. The summed E-state index contributed by atoms with van der Waals surface area (Å²) in [7, 11) is 3.01. The molecular formula is C20H21N5O3. The average molecular weight is 379 g/mol. The van der Waals surface area contributed by atoms with Crippen molar-refractivity contribution in [2.45, 2.75) is 19.4 Å². The molecule has 0 bridgehead atoms. The highest BCUT2D eigenvalue weighted by atomic mass is 16.2. The Hall–Kier alpha value is -3.60. The first-order valence-electron chi connectivity index (χ1n) is 8.90. The average Bonchev–Trinajstić information content (AvgIpc) is 3.13. The molecule has 0 saturated carbocycles. The second-order valence-corrected chi connectivity index (χ2v) is 6.36. The Morgan fingerprint density at radius 1 is 1.14 bits per heavy atom. The van der Waals surface area contributed by atoms with E-state index in [4.69, 9.17) is 0 Å². The minimum Gasteiger partial charge on any atom is -0.345 e. The van der Waals surface area contributed by atoms with E-state index < -0.39 is 11.2 Å². The number of benzene rings is 1. The topological polar surface area (TPSA) is 90.9 Å². The van der Waals surface area contributed by atoms with Crippen LogP contribution in [0.4, 0.5) is 0 Å². The van der Waals surface area contributed by atoms with E-state index in [2.05, 4.69) is 22.1 Å². The van der Waals surface area contributed by atoms with E-state index in [1.165, 1.54) is 17.9 Å². The largest absolute Gasteiger partial charge is 0.345 e. The summed E-state index contributed by atoms with van der Waals surface area (Å²) in [5.41, 5.74) is 0.794. The van der Waals surface area contributed by atoms with Crippen LogP contribution in [0.5, 0.6) is 0 Å². The summed E-state index contributed by atoms with van der Waals surface area (Å²) in [6.07, 6.45) is 2.36. The number of nitrogens with one attached hydrogen (secondary N) is 1. The lowest BCUT2D eigenvalue weighted by molar-refractivity contribution is -0.120. The minimum absolute atomic E-state index is 0.105. The molecule has 0 fully saturated rings. The second kappa shape index (κ2) is 8.39. The first kappa shape index (κ1) is 19.2. The predicted molar refractivity (Wildman–Crippen MR) is 106 cm³/mol. The Morgan fingerprint density at radius 3 is 2.64 bits per heavy atom. The summed E-state index contributed by atoms with van der Waals surface area (Å²) < 4.78 is 4.07. The highest BCUT2D eigenvalue weighted by molar-refractivity contribution is 5.76. The molecule has 3 rings (SSSR count). The van der Waals surface area contributed by atoms with E-state index in [9.17, 15) is 14.4 Å². The molecule has 3 aromatic rings. The molecule has 0 spiro atoms. The number of hydrogen-bond acceptors (Lipinski definition) is 4. The van der Waals surface area contributed by atoms with Gasteiger partial charge in [-0.1, -0.05) is 30.0 Å². The van der Waals surface area contributed by atoms with E-state index in [1.54, 1.807) is 11.6 Å². The summed E-state index contributed by atoms with van der Waals surface area (Å²) in [5.74, 6) is 5.79. The number of amides is 1. The van der Waals surface area contributed by atoms with Gasteiger partial charge in [0.2, 0.25) is 5.91 Å². The summed E-state index contributed by atoms with van der Waals surface area (Å²) in [5, 5.41) is 2.76. The molecule has 1 aromatic carbocycles. The van der Waals surface area contributed by atoms with Crippen LogP contribution in [0, 0.1) is 11.8 Å². The molecule has 2 aromatic heterocycles. The van der Waals surface area contributed by atoms with Gasteiger partial charge in [0.1, 0.15) is 0 Å². The molecule has 0 aliphatic carbocycles. The molecule has 1 N–H and O–H groups in total. The first-order valence-corrected chi connectivity index (χ1v) is 8.90. The summed E-state index contributed by atoms with van der Waals surface area (Å²) in [4.78, 5) is 40.4. The zero-order chi connectivity index (χ0) is 20.1. The maximum atomic E-state index is 12.4. The van der Waals surface area contributed by atoms with E-state index in [0.717, 1.165) is 10.1 Å². The van der Waals surface area contributed by atoms with Crippen LogP contribution in [-0.4, -0.2) is 31.1 Å². The zero-order valence-electron chi connectivity index (χ0n) is 15.8. The number of nitrogens with zero attached hydrogens (tertiary/aromatic N) is 4. The third-order valence-corrected chi connectivity index (χ3v) is 4.40. The van der Waals surface area contributed by atoms with Gasteiger partial charge in [-0.3, -0.25) is 18.7 Å². The van der Waals surface area contributed by atoms with Gasteiger partial charge in [-0.05, 0) is 18.6 Å². The monoisotopic (exact) mass is 379 g/mol. The lowest BCUT2D eigenvalue weighted by atomic mass is 10.2. The lowest BCUT2D eigenvalue weighted by Gasteiger charge is -2.06. The van der Waals surface area contributed by atoms with Gasteiger partial charge in [0.05, 0.1) is 12.9 Å². The van der Waals surface area contributed by atoms with Crippen LogP contribution in [0.1, 0.15) is 18.4 Å². The van der Waals surface area contributed by atoms with Gasteiger partial charge in [0, 0.05) is 32.6 Å². The minimum atomic E-state index is -0.418. The Labute approximate surface area is 161 Å². The van der Waals surface area contributed by atoms with Gasteiger partial charge in [0.15, 0.2) is 11.2 Å². The highest BCUT2D eigenvalue weighted by Gasteiger charge is 2.14. The molecule has 8 nitrogen and oxygen atoms in total. The maximum absolute atomic E-state index is 12.4. The van der Waals surface area contributed by atoms with Crippen molar-refractivity contribution >= 4 is 17.1 Å². The Bertz CT molecular complexity index is 1180. The van der Waals surface area contributed by atoms with Gasteiger partial charge in [-0.2, -0.15) is 0 Å². The van der Waals surface area contributed by atoms with Gasteiger partial charge in [-0.25, -0.2) is 9.78 Å². The molecule has 0 unspecified atom stereocenters. The number of rotatable bonds is 5. The van der Waals surface area contributed by atoms with Crippen molar-refractivity contribution in [3.63, 3.8) is 0 Å². The van der Waals surface area contributed by atoms with Gasteiger partial charge in [0.25, 0.3) is 5.56 Å². The molecule has 8 heteroatoms. The summed E-state index contributed by atoms with van der Waals surface area (Å²) in [6.45, 7) is 0.734. The zero-order valence-corrected chi connectivity index (χ0v) is 15.8. The molecule has 0 aliphatic rings. The van der Waals surface area contributed by atoms with Crippen LogP contribution in [0.3, 0.4) is 0 Å². The molecule has 0 radical (unpaired) electrons. The molecule has 144 valence electrons. The first-order chi connectivity index (χ1) is 13.5. The van der Waals surface area contributed by atoms with E-state index >= 15 is 0 Å². The number of carbonyl (C=O) groups is 1. The third-order valence-electron chi connectivity index (χ3n) is 4.40. The number of fused-ring (bicyclic) bond motifs is 1. The number of aryl methyl sites for hydroxylation is 2. The van der Waals surface area contributed by atoms with Crippen molar-refractivity contribution in [3.05, 3.63) is 63.1 Å². The number of hydrogen-bond donors (Lipinski definition) is 1. The molecule has 2 heterocycles. The molecule has 0 saturated heterocycles. The van der Waals surface area contributed by atoms with Gasteiger partial charge < -0.3 is 9.88 Å². The van der Waals surface area contributed by atoms with E-state index in [-0.39, 0.29) is 12.5 Å². The summed E-state index contributed by atoms with van der Waals surface area (Å²) >= 11 is 0. The number of aromatic nitrogens is 4. The molecule has 28 heavy (non-hydrogen) atoms. The summed E-state index contributed by atoms with van der Waals surface area (Å²) in [6, 6.07) is 9.56. The fourth-order valence-electron chi connectivity index (χ4n) is 2.88. The fraction of sp³-hybridized carbons (Fsp3) is 0.300. The SMILES string of the molecule is Cn1c(=O)c2c(ncn2CCCC(=O)NCC#Cc2ccccc2)n(C)c1=O. The molecule has 0 atom stereocenters. The normalized spacial score (nSPS) is 10.5. The maximum Gasteiger partial charge on any atom is 0.332 e. The number of imidazole rings is 1. The van der Waals surface area contributed by atoms with Crippen LogP contribution in [0.25, 0.3) is 11.2 Å². The van der Waals surface area contributed by atoms with Crippen LogP contribution in [-0.2, 0) is 25.4 Å². The van der Waals surface area contributed by atoms with Gasteiger partial charge in [-0.15, -0.1) is 0 Å². The smallest absolute Gasteiger partial charge is 0.332 e. The standard InChI is InChI=1S/C20H21N5O3/c1-23-18-17(19(27)24(2)20(23)28)25(14-22-18)13-7-11-16(26)21-12-6-10-15-8-4-3-5-9-15/h3-5,8-9,14H,7,11-13H2,1-2H3,(H,21,26). The van der Waals surface area contributed by atoms with Crippen molar-refractivity contribution in [1.82, 2.24) is 24.0 Å². The van der Waals surface area contributed by atoms with Crippen LogP contribution < -0.4 is 16.6 Å². The van der Waals surface area contributed by atoms with Crippen LogP contribution in [0.15, 0.2) is 46.2 Å². The van der Waals surface area contributed by atoms with Crippen molar-refractivity contribution in [1.29, 1.82) is 0 Å². The quantitative estimate of drug-likeness (QED) is 0.649. The van der Waals surface area contributed by atoms with Crippen molar-refractivity contribution in [3.8, 4) is 11.8 Å². The second-order valence-electron chi connectivity index (χ2n) is 6.36. The van der Waals surface area contributed by atoms with Crippen molar-refractivity contribution in [2.24, 2.45) is 14.1 Å². The number of carbonyl (C=O) groups excluding carboxylic acids is 1. The Balaban J connectivity index is 1.55. The Morgan fingerprint density at radius 2 is 1.89 bits per heavy atom. The third kappa shape index (κ3) is 4.04. The Kier molecular flexibility index (Phi) is 5.75. The van der Waals surface area contributed by atoms with E-state index in [0.29, 0.717) is 30.6 Å². The molecule has 0 aliphatic heterocycles. The van der Waals surface area contributed by atoms with E-state index in [1.807, 2.05) is 30.3 Å². The molecular weight excluding hydrogens is 358 g/mol. The highest BCUT2D eigenvalue weighted by Crippen LogP contribution is 2.07. The van der Waals surface area contributed by atoms with Crippen molar-refractivity contribution < 1.29 is 4.79 Å². The lowest BCUT2D eigenvalue weighted by Crippen LogP contribution is -2.37. The van der Waals surface area contributed by atoms with Crippen molar-refractivity contribution in [2.75, 3.05) is 6.54 Å².